The summed E-state index contributed by atoms with van der Waals surface area (Å²) in [5.74, 6) is 0.115. The molecule has 1 N–H and O–H groups in total. The summed E-state index contributed by atoms with van der Waals surface area (Å²) in [5, 5.41) is 2.99. The molecule has 2 rings (SSSR count). The molecule has 0 unspecified atom stereocenters. The predicted octanol–water partition coefficient (Wildman–Crippen LogP) is 2.58. The molecule has 0 radical (unpaired) electrons. The normalized spacial score (nSPS) is 17.4. The summed E-state index contributed by atoms with van der Waals surface area (Å²) in [6, 6.07) is 9.94. The monoisotopic (exact) mass is 366 g/mol. The molecule has 1 heterocycles. The summed E-state index contributed by atoms with van der Waals surface area (Å²) in [5.41, 5.74) is 0.910. The number of nitrogens with one attached hydrogen (secondary N) is 1. The van der Waals surface area contributed by atoms with Crippen molar-refractivity contribution in [1.82, 2.24) is 9.62 Å². The Hall–Kier alpha value is -1.40. The van der Waals surface area contributed by atoms with E-state index in [-0.39, 0.29) is 23.1 Å². The summed E-state index contributed by atoms with van der Waals surface area (Å²) in [6.07, 6.45) is 2.58. The molecule has 0 aromatic heterocycles. The van der Waals surface area contributed by atoms with Crippen LogP contribution in [0.15, 0.2) is 30.3 Å². The number of nitrogens with zero attached hydrogens (tertiary/aromatic N) is 1. The minimum atomic E-state index is -3.24. The van der Waals surface area contributed by atoms with E-state index in [9.17, 15) is 13.2 Å². The summed E-state index contributed by atoms with van der Waals surface area (Å²) in [4.78, 5) is 12.2. The fourth-order valence-electron chi connectivity index (χ4n) is 3.10. The van der Waals surface area contributed by atoms with Crippen molar-refractivity contribution in [2.24, 2.45) is 5.92 Å². The number of carbonyl (C=O) groups excluding carboxylic acids is 1. The fraction of sp³-hybridized carbons (Fsp3) is 0.632. The molecule has 25 heavy (non-hydrogen) atoms. The van der Waals surface area contributed by atoms with Crippen molar-refractivity contribution in [2.45, 2.75) is 52.0 Å². The molecule has 6 heteroatoms. The predicted molar refractivity (Wildman–Crippen MR) is 101 cm³/mol. The van der Waals surface area contributed by atoms with E-state index in [1.54, 1.807) is 4.31 Å². The Labute approximate surface area is 151 Å². The van der Waals surface area contributed by atoms with Gasteiger partial charge in [0.05, 0.1) is 5.75 Å². The Morgan fingerprint density at radius 1 is 1.16 bits per heavy atom. The zero-order valence-electron chi connectivity index (χ0n) is 15.5. The van der Waals surface area contributed by atoms with Crippen molar-refractivity contribution >= 4 is 15.9 Å². The Balaban J connectivity index is 1.79. The first-order chi connectivity index (χ1) is 11.7. The molecule has 1 aliphatic rings. The third-order valence-corrected chi connectivity index (χ3v) is 6.38. The van der Waals surface area contributed by atoms with E-state index in [1.165, 1.54) is 0 Å². The third-order valence-electron chi connectivity index (χ3n) is 4.43. The number of rotatable bonds is 6. The van der Waals surface area contributed by atoms with Crippen molar-refractivity contribution < 1.29 is 13.2 Å². The average Bonchev–Trinajstić information content (AvgIpc) is 2.54. The van der Waals surface area contributed by atoms with Crippen LogP contribution < -0.4 is 5.32 Å². The minimum Gasteiger partial charge on any atom is -0.351 e. The van der Waals surface area contributed by atoms with Gasteiger partial charge in [0.2, 0.25) is 15.9 Å². The van der Waals surface area contributed by atoms with Crippen LogP contribution in [0.2, 0.25) is 0 Å². The molecule has 1 aromatic carbocycles. The van der Waals surface area contributed by atoms with Gasteiger partial charge in [0.1, 0.15) is 0 Å². The maximum Gasteiger partial charge on any atom is 0.223 e. The van der Waals surface area contributed by atoms with Crippen molar-refractivity contribution in [1.29, 1.82) is 0 Å². The molecule has 1 aliphatic heterocycles. The largest absolute Gasteiger partial charge is 0.351 e. The van der Waals surface area contributed by atoms with E-state index in [1.807, 2.05) is 51.1 Å². The van der Waals surface area contributed by atoms with Gasteiger partial charge in [0, 0.05) is 24.5 Å². The molecule has 1 aromatic rings. The highest BCUT2D eigenvalue weighted by Gasteiger charge is 2.31. The van der Waals surface area contributed by atoms with Crippen molar-refractivity contribution in [3.63, 3.8) is 0 Å². The Morgan fingerprint density at radius 3 is 2.32 bits per heavy atom. The van der Waals surface area contributed by atoms with E-state index >= 15 is 0 Å². The van der Waals surface area contributed by atoms with E-state index in [4.69, 9.17) is 0 Å². The van der Waals surface area contributed by atoms with Crippen LogP contribution in [-0.4, -0.2) is 43.0 Å². The standard InChI is InChI=1S/C19H30N2O3S/c1-19(2,3)20-18(22)17-11-13-21(14-12-17)25(23,24)15-7-10-16-8-5-4-6-9-16/h4-6,8-9,17H,7,10-15H2,1-3H3,(H,20,22). The molecular formula is C19H30N2O3S. The van der Waals surface area contributed by atoms with Gasteiger partial charge in [-0.05, 0) is 52.0 Å². The molecule has 0 spiro atoms. The van der Waals surface area contributed by atoms with E-state index in [2.05, 4.69) is 5.32 Å². The van der Waals surface area contributed by atoms with Gasteiger partial charge in [0.25, 0.3) is 0 Å². The second-order valence-electron chi connectivity index (χ2n) is 7.82. The highest BCUT2D eigenvalue weighted by molar-refractivity contribution is 7.89. The second-order valence-corrected chi connectivity index (χ2v) is 9.91. The molecule has 0 atom stereocenters. The molecule has 0 bridgehead atoms. The topological polar surface area (TPSA) is 66.5 Å². The van der Waals surface area contributed by atoms with Gasteiger partial charge in [-0.2, -0.15) is 0 Å². The first-order valence-corrected chi connectivity index (χ1v) is 10.6. The maximum absolute atomic E-state index is 12.5. The molecule has 5 nitrogen and oxygen atoms in total. The summed E-state index contributed by atoms with van der Waals surface area (Å²) in [7, 11) is -3.24. The fourth-order valence-corrected chi connectivity index (χ4v) is 4.63. The molecule has 1 fully saturated rings. The minimum absolute atomic E-state index is 0.0358. The lowest BCUT2D eigenvalue weighted by Gasteiger charge is -2.32. The Bertz CT molecular complexity index is 658. The number of hydrogen-bond acceptors (Lipinski definition) is 3. The lowest BCUT2D eigenvalue weighted by molar-refractivity contribution is -0.127. The van der Waals surface area contributed by atoms with Gasteiger partial charge >= 0.3 is 0 Å². The molecule has 1 saturated heterocycles. The number of sulfonamides is 1. The van der Waals surface area contributed by atoms with Crippen molar-refractivity contribution in [2.75, 3.05) is 18.8 Å². The average molecular weight is 367 g/mol. The van der Waals surface area contributed by atoms with Crippen LogP contribution in [0.25, 0.3) is 0 Å². The second kappa shape index (κ2) is 8.32. The quantitative estimate of drug-likeness (QED) is 0.841. The zero-order chi connectivity index (χ0) is 18.5. The SMILES string of the molecule is CC(C)(C)NC(=O)C1CCN(S(=O)(=O)CCCc2ccccc2)CC1. The highest BCUT2D eigenvalue weighted by atomic mass is 32.2. The van der Waals surface area contributed by atoms with E-state index in [0.29, 0.717) is 32.4 Å². The molecule has 140 valence electrons. The van der Waals surface area contributed by atoms with Gasteiger partial charge in [-0.25, -0.2) is 12.7 Å². The number of piperidine rings is 1. The molecular weight excluding hydrogens is 336 g/mol. The number of benzene rings is 1. The molecule has 1 amide bonds. The van der Waals surface area contributed by atoms with Gasteiger partial charge < -0.3 is 5.32 Å². The van der Waals surface area contributed by atoms with Crippen molar-refractivity contribution in [3.8, 4) is 0 Å². The van der Waals surface area contributed by atoms with Crippen LogP contribution in [-0.2, 0) is 21.2 Å². The lowest BCUT2D eigenvalue weighted by atomic mass is 9.96. The lowest BCUT2D eigenvalue weighted by Crippen LogP contribution is -2.48. The van der Waals surface area contributed by atoms with Crippen LogP contribution in [0, 0.1) is 5.92 Å². The van der Waals surface area contributed by atoms with E-state index < -0.39 is 10.0 Å². The third kappa shape index (κ3) is 6.44. The van der Waals surface area contributed by atoms with Gasteiger partial charge in [0.15, 0.2) is 0 Å². The zero-order valence-corrected chi connectivity index (χ0v) is 16.3. The number of carbonyl (C=O) groups is 1. The van der Waals surface area contributed by atoms with Gasteiger partial charge in [-0.15, -0.1) is 0 Å². The maximum atomic E-state index is 12.5. The van der Waals surface area contributed by atoms with Crippen molar-refractivity contribution in [3.05, 3.63) is 35.9 Å². The van der Waals surface area contributed by atoms with Crippen LogP contribution >= 0.6 is 0 Å². The van der Waals surface area contributed by atoms with Gasteiger partial charge in [-0.1, -0.05) is 30.3 Å². The first-order valence-electron chi connectivity index (χ1n) is 9.01. The van der Waals surface area contributed by atoms with Crippen LogP contribution in [0.3, 0.4) is 0 Å². The number of amides is 1. The molecule has 0 saturated carbocycles. The Kier molecular flexibility index (Phi) is 6.63. The van der Waals surface area contributed by atoms with E-state index in [0.717, 1.165) is 12.0 Å². The van der Waals surface area contributed by atoms with Crippen LogP contribution in [0.5, 0.6) is 0 Å². The highest BCUT2D eigenvalue weighted by Crippen LogP contribution is 2.21. The first kappa shape index (κ1) is 19.9. The van der Waals surface area contributed by atoms with Gasteiger partial charge in [-0.3, -0.25) is 4.79 Å². The number of hydrogen-bond donors (Lipinski definition) is 1. The van der Waals surface area contributed by atoms with Crippen LogP contribution in [0.4, 0.5) is 0 Å². The molecule has 0 aliphatic carbocycles. The summed E-state index contributed by atoms with van der Waals surface area (Å²) >= 11 is 0. The smallest absolute Gasteiger partial charge is 0.223 e. The summed E-state index contributed by atoms with van der Waals surface area (Å²) in [6.45, 7) is 6.75. The summed E-state index contributed by atoms with van der Waals surface area (Å²) < 4.78 is 26.6. The Morgan fingerprint density at radius 2 is 1.76 bits per heavy atom. The van der Waals surface area contributed by atoms with Crippen LogP contribution in [0.1, 0.15) is 45.6 Å². The number of aryl methyl sites for hydroxylation is 1.